The summed E-state index contributed by atoms with van der Waals surface area (Å²) in [6.07, 6.45) is 13.7. The summed E-state index contributed by atoms with van der Waals surface area (Å²) < 4.78 is 0. The lowest BCUT2D eigenvalue weighted by atomic mass is 9.94. The summed E-state index contributed by atoms with van der Waals surface area (Å²) in [4.78, 5) is 9.50. The highest BCUT2D eigenvalue weighted by Gasteiger charge is 2.22. The molecule has 0 aromatic heterocycles. The van der Waals surface area contributed by atoms with Gasteiger partial charge in [0.2, 0.25) is 0 Å². The van der Waals surface area contributed by atoms with Crippen LogP contribution in [0.5, 0.6) is 0 Å². The molecule has 0 radical (unpaired) electrons. The molecule has 0 atom stereocenters. The zero-order valence-electron chi connectivity index (χ0n) is 51.0. The molecular formula is C84H72N4. The highest BCUT2D eigenvalue weighted by molar-refractivity contribution is 5.95. The number of hydrogen-bond donors (Lipinski definition) is 0. The molecule has 0 aliphatic carbocycles. The lowest BCUT2D eigenvalue weighted by Crippen LogP contribution is -2.12. The molecule has 428 valence electrons. The van der Waals surface area contributed by atoms with E-state index in [2.05, 4.69) is 389 Å². The molecule has 0 heterocycles. The van der Waals surface area contributed by atoms with E-state index in [1.54, 1.807) is 0 Å². The van der Waals surface area contributed by atoms with Crippen LogP contribution in [0.1, 0.15) is 66.8 Å². The minimum atomic E-state index is 1.05. The van der Waals surface area contributed by atoms with Crippen molar-refractivity contribution in [2.45, 2.75) is 41.5 Å². The minimum absolute atomic E-state index is 1.05. The highest BCUT2D eigenvalue weighted by atomic mass is 15.2. The van der Waals surface area contributed by atoms with E-state index in [-0.39, 0.29) is 0 Å². The molecule has 0 bridgehead atoms. The summed E-state index contributed by atoms with van der Waals surface area (Å²) in [7, 11) is 0. The van der Waals surface area contributed by atoms with Crippen molar-refractivity contribution < 1.29 is 0 Å². The topological polar surface area (TPSA) is 13.0 Å². The summed E-state index contributed by atoms with van der Waals surface area (Å²) in [6.45, 7) is 13.1. The molecule has 0 saturated carbocycles. The third-order valence-electron chi connectivity index (χ3n) is 16.5. The van der Waals surface area contributed by atoms with Crippen LogP contribution in [-0.4, -0.2) is 0 Å². The van der Waals surface area contributed by atoms with E-state index < -0.39 is 0 Å². The maximum Gasteiger partial charge on any atom is 0.0540 e. The Bertz CT molecular complexity index is 4270. The monoisotopic (exact) mass is 1140 g/mol. The highest BCUT2D eigenvalue weighted by Crippen LogP contribution is 2.44. The van der Waals surface area contributed by atoms with Crippen molar-refractivity contribution in [2.24, 2.45) is 0 Å². The van der Waals surface area contributed by atoms with Crippen molar-refractivity contribution in [3.63, 3.8) is 0 Å². The van der Waals surface area contributed by atoms with E-state index in [0.29, 0.717) is 0 Å². The summed E-state index contributed by atoms with van der Waals surface area (Å²) in [5.41, 5.74) is 27.1. The van der Waals surface area contributed by atoms with Gasteiger partial charge in [0.05, 0.1) is 5.69 Å². The van der Waals surface area contributed by atoms with E-state index in [1.165, 1.54) is 33.4 Å². The Kier molecular flexibility index (Phi) is 17.3. The van der Waals surface area contributed by atoms with Gasteiger partial charge in [0.15, 0.2) is 0 Å². The summed E-state index contributed by atoms with van der Waals surface area (Å²) >= 11 is 0. The first-order valence-corrected chi connectivity index (χ1v) is 30.3. The Morgan fingerprint density at radius 2 is 0.432 bits per heavy atom. The SMILES string of the molecule is Cc1ccccc1N(c1ccc(C=Cc2ccc(N(c3ccccc3)c3ccccc3)c(C=Cc3ccc(N(c4ccccc4C)c4ccccc4C)cc3)c2C=Cc2ccc(N(c3ccccc3C)c3ccccc3C)cc2)cc1)c1ccccc1C. The van der Waals surface area contributed by atoms with Crippen LogP contribution in [0.25, 0.3) is 36.5 Å². The first kappa shape index (κ1) is 57.5. The summed E-state index contributed by atoms with van der Waals surface area (Å²) in [6, 6.07) is 105. The Morgan fingerprint density at radius 1 is 0.182 bits per heavy atom. The van der Waals surface area contributed by atoms with Gasteiger partial charge in [-0.3, -0.25) is 0 Å². The van der Waals surface area contributed by atoms with Crippen LogP contribution in [-0.2, 0) is 0 Å². The first-order chi connectivity index (χ1) is 43.2. The van der Waals surface area contributed by atoms with E-state index in [0.717, 1.165) is 102 Å². The lowest BCUT2D eigenvalue weighted by molar-refractivity contribution is 1.22. The number of hydrogen-bond acceptors (Lipinski definition) is 4. The molecule has 0 fully saturated rings. The fraction of sp³-hybridized carbons (Fsp3) is 0.0714. The van der Waals surface area contributed by atoms with Crippen LogP contribution in [0.2, 0.25) is 0 Å². The van der Waals surface area contributed by atoms with Gasteiger partial charge in [-0.15, -0.1) is 0 Å². The Hall–Kier alpha value is -10.9. The Balaban J connectivity index is 1.00. The van der Waals surface area contributed by atoms with Crippen molar-refractivity contribution in [3.8, 4) is 0 Å². The van der Waals surface area contributed by atoms with Gasteiger partial charge in [-0.25, -0.2) is 0 Å². The quantitative estimate of drug-likeness (QED) is 0.0794. The second kappa shape index (κ2) is 26.5. The number of nitrogens with zero attached hydrogens (tertiary/aromatic N) is 4. The molecule has 0 N–H and O–H groups in total. The van der Waals surface area contributed by atoms with Crippen molar-refractivity contribution in [1.82, 2.24) is 0 Å². The van der Waals surface area contributed by atoms with E-state index in [4.69, 9.17) is 0 Å². The van der Waals surface area contributed by atoms with Gasteiger partial charge in [-0.2, -0.15) is 0 Å². The van der Waals surface area contributed by atoms with Crippen molar-refractivity contribution in [3.05, 3.63) is 358 Å². The summed E-state index contributed by atoms with van der Waals surface area (Å²) in [5.74, 6) is 0. The molecule has 0 aliphatic rings. The zero-order valence-corrected chi connectivity index (χ0v) is 51.0. The van der Waals surface area contributed by atoms with Gasteiger partial charge in [0.25, 0.3) is 0 Å². The number of anilines is 12. The third-order valence-corrected chi connectivity index (χ3v) is 16.5. The minimum Gasteiger partial charge on any atom is -0.310 e. The van der Waals surface area contributed by atoms with Gasteiger partial charge in [0.1, 0.15) is 0 Å². The van der Waals surface area contributed by atoms with E-state index in [9.17, 15) is 0 Å². The standard InChI is InChI=1S/C84H72N4/c1-61-25-13-19-35-78(61)86(79-36-20-14-26-62(79)2)73-52-42-67(43-53-73)41-50-70-51-60-84(85(71-31-9-7-10-32-71)72-33-11-8-12-34-72)77(59-49-69-46-56-75(57-47-69)88(82-39-23-17-29-65(82)5)83-40-24-18-30-66(83)6)76(70)58-48-68-44-54-74(55-45-68)87(80-37-21-15-27-63(80)3)81-38-22-16-28-64(81)4/h7-60H,1-6H3. The van der Waals surface area contributed by atoms with Crippen LogP contribution < -0.4 is 19.6 Å². The molecule has 88 heavy (non-hydrogen) atoms. The molecular weight excluding hydrogens is 1060 g/mol. The zero-order chi connectivity index (χ0) is 60.3. The average Bonchev–Trinajstić information content (AvgIpc) is 3.08. The molecule has 12 rings (SSSR count). The maximum absolute atomic E-state index is 2.38. The largest absolute Gasteiger partial charge is 0.310 e. The molecule has 0 saturated heterocycles. The normalized spacial score (nSPS) is 11.4. The molecule has 0 amide bonds. The van der Waals surface area contributed by atoms with Crippen molar-refractivity contribution >= 4 is 105 Å². The predicted molar refractivity (Wildman–Crippen MR) is 380 cm³/mol. The molecule has 0 aliphatic heterocycles. The fourth-order valence-electron chi connectivity index (χ4n) is 11.8. The van der Waals surface area contributed by atoms with Gasteiger partial charge < -0.3 is 19.6 Å². The van der Waals surface area contributed by atoms with Gasteiger partial charge >= 0.3 is 0 Å². The Labute approximate surface area is 520 Å². The molecule has 12 aromatic carbocycles. The predicted octanol–water partition coefficient (Wildman–Crippen LogP) is 23.9. The fourth-order valence-corrected chi connectivity index (χ4v) is 11.8. The summed E-state index contributed by atoms with van der Waals surface area (Å²) in [5, 5.41) is 0. The van der Waals surface area contributed by atoms with Crippen LogP contribution in [0.15, 0.2) is 291 Å². The molecule has 4 heteroatoms. The second-order valence-corrected chi connectivity index (χ2v) is 22.5. The van der Waals surface area contributed by atoms with Gasteiger partial charge in [0, 0.05) is 68.1 Å². The molecule has 12 aromatic rings. The number of para-hydroxylation sites is 8. The second-order valence-electron chi connectivity index (χ2n) is 22.5. The Morgan fingerprint density at radius 3 is 0.727 bits per heavy atom. The van der Waals surface area contributed by atoms with E-state index in [1.807, 2.05) is 0 Å². The average molecular weight is 1140 g/mol. The molecule has 0 unspecified atom stereocenters. The van der Waals surface area contributed by atoms with Crippen LogP contribution in [0.3, 0.4) is 0 Å². The van der Waals surface area contributed by atoms with Gasteiger partial charge in [-0.05, 0) is 206 Å². The van der Waals surface area contributed by atoms with Crippen molar-refractivity contribution in [1.29, 1.82) is 0 Å². The van der Waals surface area contributed by atoms with Crippen LogP contribution in [0, 0.1) is 41.5 Å². The van der Waals surface area contributed by atoms with Gasteiger partial charge in [-0.1, -0.05) is 225 Å². The lowest BCUT2D eigenvalue weighted by Gasteiger charge is -2.29. The van der Waals surface area contributed by atoms with Crippen LogP contribution in [0.4, 0.5) is 68.2 Å². The maximum atomic E-state index is 2.38. The number of aryl methyl sites for hydroxylation is 6. The molecule has 0 spiro atoms. The number of rotatable bonds is 18. The number of benzene rings is 12. The van der Waals surface area contributed by atoms with E-state index >= 15 is 0 Å². The van der Waals surface area contributed by atoms with Crippen LogP contribution >= 0.6 is 0 Å². The first-order valence-electron chi connectivity index (χ1n) is 30.3. The smallest absolute Gasteiger partial charge is 0.0540 e. The molecule has 4 nitrogen and oxygen atoms in total. The van der Waals surface area contributed by atoms with Crippen molar-refractivity contribution in [2.75, 3.05) is 19.6 Å². The third kappa shape index (κ3) is 12.6.